The van der Waals surface area contributed by atoms with Crippen LogP contribution in [0.4, 0.5) is 13.2 Å². The molecule has 0 saturated heterocycles. The van der Waals surface area contributed by atoms with Crippen LogP contribution in [0.5, 0.6) is 11.5 Å². The third kappa shape index (κ3) is 6.50. The van der Waals surface area contributed by atoms with E-state index >= 15 is 0 Å². The van der Waals surface area contributed by atoms with Crippen molar-refractivity contribution in [1.29, 1.82) is 0 Å². The first-order chi connectivity index (χ1) is 16.1. The van der Waals surface area contributed by atoms with Crippen molar-refractivity contribution in [1.82, 2.24) is 5.32 Å². The first kappa shape index (κ1) is 25.1. The molecule has 34 heavy (non-hydrogen) atoms. The van der Waals surface area contributed by atoms with Crippen molar-refractivity contribution in [2.75, 3.05) is 6.54 Å². The molecule has 3 aromatic carbocycles. The van der Waals surface area contributed by atoms with Crippen molar-refractivity contribution in [3.63, 3.8) is 0 Å². The third-order valence-electron chi connectivity index (χ3n) is 4.90. The van der Waals surface area contributed by atoms with E-state index in [2.05, 4.69) is 0 Å². The molecule has 1 amide bonds. The number of benzene rings is 3. The number of phenolic OH excluding ortho intramolecular Hbond substituents is 1. The molecule has 0 aliphatic rings. The summed E-state index contributed by atoms with van der Waals surface area (Å²) in [5, 5.41) is 12.0. The van der Waals surface area contributed by atoms with Gasteiger partial charge in [0.05, 0.1) is 9.79 Å². The fourth-order valence-electron chi connectivity index (χ4n) is 3.09. The second-order valence-electron chi connectivity index (χ2n) is 7.41. The van der Waals surface area contributed by atoms with Crippen LogP contribution in [0.3, 0.4) is 0 Å². The van der Waals surface area contributed by atoms with Gasteiger partial charge in [0.25, 0.3) is 0 Å². The number of hydrogen-bond donors (Lipinski definition) is 2. The fraction of sp³-hybridized carbons (Fsp3) is 0.208. The minimum absolute atomic E-state index is 0.000946. The highest BCUT2D eigenvalue weighted by atomic mass is 32.2. The lowest BCUT2D eigenvalue weighted by atomic mass is 10.1. The molecule has 0 aliphatic heterocycles. The molecule has 6 nitrogen and oxygen atoms in total. The van der Waals surface area contributed by atoms with E-state index in [1.54, 1.807) is 17.4 Å². The van der Waals surface area contributed by atoms with Gasteiger partial charge in [-0.15, -0.1) is 0 Å². The number of phenols is 1. The lowest BCUT2D eigenvalue weighted by molar-refractivity contribution is -0.173. The maximum atomic E-state index is 12.9. The molecule has 0 unspecified atom stereocenters. The Labute approximate surface area is 194 Å². The van der Waals surface area contributed by atoms with Crippen LogP contribution in [0.1, 0.15) is 17.5 Å². The average molecular weight is 494 g/mol. The highest BCUT2D eigenvalue weighted by Gasteiger charge is 2.38. The van der Waals surface area contributed by atoms with E-state index in [0.717, 1.165) is 11.6 Å². The molecule has 0 atom stereocenters. The van der Waals surface area contributed by atoms with Gasteiger partial charge < -0.3 is 15.2 Å². The highest BCUT2D eigenvalue weighted by Crippen LogP contribution is 2.32. The van der Waals surface area contributed by atoms with Gasteiger partial charge >= 0.3 is 12.1 Å². The summed E-state index contributed by atoms with van der Waals surface area (Å²) < 4.78 is 67.9. The Morgan fingerprint density at radius 1 is 0.912 bits per heavy atom. The largest absolute Gasteiger partial charge is 0.504 e. The van der Waals surface area contributed by atoms with E-state index in [1.165, 1.54) is 24.3 Å². The number of rotatable bonds is 9. The van der Waals surface area contributed by atoms with Crippen LogP contribution in [0.15, 0.2) is 82.6 Å². The molecule has 180 valence electrons. The van der Waals surface area contributed by atoms with Gasteiger partial charge in [0.1, 0.15) is 6.61 Å². The van der Waals surface area contributed by atoms with Gasteiger partial charge in [-0.2, -0.15) is 13.2 Å². The topological polar surface area (TPSA) is 92.7 Å². The van der Waals surface area contributed by atoms with Gasteiger partial charge in [0, 0.05) is 12.6 Å². The Balaban J connectivity index is 1.60. The molecule has 0 aromatic heterocycles. The monoisotopic (exact) mass is 493 g/mol. The predicted molar refractivity (Wildman–Crippen MR) is 118 cm³/mol. The molecule has 0 bridgehead atoms. The molecule has 3 rings (SSSR count). The van der Waals surface area contributed by atoms with Crippen molar-refractivity contribution in [2.24, 2.45) is 0 Å². The minimum atomic E-state index is -4.92. The summed E-state index contributed by atoms with van der Waals surface area (Å²) in [6.07, 6.45) is -4.31. The smallest absolute Gasteiger partial charge is 0.471 e. The van der Waals surface area contributed by atoms with Crippen molar-refractivity contribution >= 4 is 15.7 Å². The fourth-order valence-corrected chi connectivity index (χ4v) is 4.37. The van der Waals surface area contributed by atoms with Crippen molar-refractivity contribution in [3.05, 3.63) is 83.9 Å². The molecular weight excluding hydrogens is 471 g/mol. The molecule has 0 spiro atoms. The first-order valence-corrected chi connectivity index (χ1v) is 11.7. The van der Waals surface area contributed by atoms with E-state index in [4.69, 9.17) is 4.74 Å². The number of hydrogen-bond acceptors (Lipinski definition) is 5. The van der Waals surface area contributed by atoms with Gasteiger partial charge in [-0.25, -0.2) is 8.42 Å². The lowest BCUT2D eigenvalue weighted by Crippen LogP contribution is -2.37. The summed E-state index contributed by atoms with van der Waals surface area (Å²) in [6.45, 7) is 0.0538. The minimum Gasteiger partial charge on any atom is -0.504 e. The number of carbonyl (C=O) groups excluding carboxylic acids is 1. The standard InChI is InChI=1S/C24H22F3NO5S/c25-24(26,27)23(30)28-14-4-7-17-8-10-19(11-9-17)34(31,32)20-12-13-22(21(29)15-20)33-16-18-5-2-1-3-6-18/h1-3,5-6,8-13,15,29H,4,7,14,16H2,(H,28,30). The molecule has 0 heterocycles. The van der Waals surface area contributed by atoms with E-state index < -0.39 is 21.9 Å². The quantitative estimate of drug-likeness (QED) is 0.431. The summed E-state index contributed by atoms with van der Waals surface area (Å²) in [6, 6.07) is 19.0. The number of halogens is 3. The van der Waals surface area contributed by atoms with Gasteiger partial charge in [-0.1, -0.05) is 42.5 Å². The molecule has 0 radical (unpaired) electrons. The van der Waals surface area contributed by atoms with E-state index in [0.29, 0.717) is 12.0 Å². The SMILES string of the molecule is O=C(NCCCc1ccc(S(=O)(=O)c2ccc(OCc3ccccc3)c(O)c2)cc1)C(F)(F)F. The van der Waals surface area contributed by atoms with E-state index in [9.17, 15) is 31.5 Å². The number of aromatic hydroxyl groups is 1. The number of carbonyl (C=O) groups is 1. The Kier molecular flexibility index (Phi) is 7.83. The van der Waals surface area contributed by atoms with Gasteiger partial charge in [-0.3, -0.25) is 4.79 Å². The summed E-state index contributed by atoms with van der Waals surface area (Å²) >= 11 is 0. The number of sulfone groups is 1. The number of nitrogens with one attached hydrogen (secondary N) is 1. The van der Waals surface area contributed by atoms with Crippen LogP contribution in [0.2, 0.25) is 0 Å². The van der Waals surface area contributed by atoms with E-state index in [1.807, 2.05) is 30.3 Å². The van der Waals surface area contributed by atoms with Crippen LogP contribution in [-0.2, 0) is 27.7 Å². The van der Waals surface area contributed by atoms with Crippen molar-refractivity contribution < 1.29 is 36.2 Å². The van der Waals surface area contributed by atoms with Gasteiger partial charge in [0.15, 0.2) is 11.5 Å². The van der Waals surface area contributed by atoms with Crippen LogP contribution in [0.25, 0.3) is 0 Å². The zero-order valence-electron chi connectivity index (χ0n) is 17.9. The van der Waals surface area contributed by atoms with Crippen LogP contribution < -0.4 is 10.1 Å². The maximum Gasteiger partial charge on any atom is 0.471 e. The Morgan fingerprint density at radius 2 is 1.56 bits per heavy atom. The van der Waals surface area contributed by atoms with Crippen LogP contribution >= 0.6 is 0 Å². The second kappa shape index (κ2) is 10.6. The normalized spacial score (nSPS) is 11.7. The number of ether oxygens (including phenoxy) is 1. The lowest BCUT2D eigenvalue weighted by Gasteiger charge is -2.11. The second-order valence-corrected chi connectivity index (χ2v) is 9.36. The molecular formula is C24H22F3NO5S. The van der Waals surface area contributed by atoms with Crippen LogP contribution in [-0.4, -0.2) is 32.2 Å². The highest BCUT2D eigenvalue weighted by molar-refractivity contribution is 7.91. The number of amides is 1. The summed E-state index contributed by atoms with van der Waals surface area (Å²) in [5.41, 5.74) is 1.59. The van der Waals surface area contributed by atoms with E-state index in [-0.39, 0.29) is 40.9 Å². The molecule has 10 heteroatoms. The molecule has 2 N–H and O–H groups in total. The summed E-state index contributed by atoms with van der Waals surface area (Å²) in [7, 11) is -3.91. The zero-order valence-corrected chi connectivity index (χ0v) is 18.7. The van der Waals surface area contributed by atoms with Crippen LogP contribution in [0, 0.1) is 0 Å². The molecule has 0 fully saturated rings. The zero-order chi connectivity index (χ0) is 24.8. The van der Waals surface area contributed by atoms with Crippen molar-refractivity contribution in [2.45, 2.75) is 35.4 Å². The predicted octanol–water partition coefficient (Wildman–Crippen LogP) is 4.42. The van der Waals surface area contributed by atoms with Crippen molar-refractivity contribution in [3.8, 4) is 11.5 Å². The maximum absolute atomic E-state index is 12.9. The Morgan fingerprint density at radius 3 is 2.18 bits per heavy atom. The van der Waals surface area contributed by atoms with Gasteiger partial charge in [0.2, 0.25) is 9.84 Å². The number of alkyl halides is 3. The molecule has 0 aliphatic carbocycles. The average Bonchev–Trinajstić information content (AvgIpc) is 2.81. The Bertz CT molecular complexity index is 1230. The van der Waals surface area contributed by atoms with Gasteiger partial charge in [-0.05, 0) is 48.2 Å². The molecule has 3 aromatic rings. The molecule has 0 saturated carbocycles. The number of aryl methyl sites for hydroxylation is 1. The summed E-state index contributed by atoms with van der Waals surface area (Å²) in [4.78, 5) is 10.7. The Hall–Kier alpha value is -3.53. The first-order valence-electron chi connectivity index (χ1n) is 10.3. The summed E-state index contributed by atoms with van der Waals surface area (Å²) in [5.74, 6) is -2.15. The third-order valence-corrected chi connectivity index (χ3v) is 6.66.